The van der Waals surface area contributed by atoms with Gasteiger partial charge < -0.3 is 14.6 Å². The van der Waals surface area contributed by atoms with E-state index < -0.39 is 5.97 Å². The summed E-state index contributed by atoms with van der Waals surface area (Å²) in [6.45, 7) is 5.09. The number of allylic oxidation sites excluding steroid dienone is 2. The van der Waals surface area contributed by atoms with Crippen molar-refractivity contribution in [3.8, 4) is 22.1 Å². The first-order valence-electron chi connectivity index (χ1n) is 12.6. The molecule has 1 N–H and O–H groups in total. The highest BCUT2D eigenvalue weighted by molar-refractivity contribution is 7.14. The average Bonchev–Trinajstić information content (AvgIpc) is 3.53. The molecule has 2 aromatic heterocycles. The Labute approximate surface area is 216 Å². The predicted octanol–water partition coefficient (Wildman–Crippen LogP) is 7.57. The van der Waals surface area contributed by atoms with Crippen LogP contribution in [0.4, 0.5) is 0 Å². The summed E-state index contributed by atoms with van der Waals surface area (Å²) < 4.78 is 11.7. The molecule has 2 heterocycles. The van der Waals surface area contributed by atoms with Gasteiger partial charge in [-0.25, -0.2) is 4.98 Å². The van der Waals surface area contributed by atoms with E-state index in [1.54, 1.807) is 24.6 Å². The number of carboxylic acid groups (broad SMARTS) is 1. The fourth-order valence-electron chi connectivity index (χ4n) is 5.34. The molecular weight excluding hydrogens is 470 g/mol. The van der Waals surface area contributed by atoms with Crippen LogP contribution in [0, 0.1) is 11.3 Å². The maximum atomic E-state index is 11.4. The minimum atomic E-state index is -0.742. The van der Waals surface area contributed by atoms with Crippen LogP contribution in [0.5, 0.6) is 11.6 Å². The number of rotatable bonds is 10. The fourth-order valence-corrected chi connectivity index (χ4v) is 6.41. The Hall–Kier alpha value is -3.12. The predicted molar refractivity (Wildman–Crippen MR) is 144 cm³/mol. The van der Waals surface area contributed by atoms with Crippen LogP contribution in [0.1, 0.15) is 68.6 Å². The summed E-state index contributed by atoms with van der Waals surface area (Å²) in [4.78, 5) is 16.9. The molecule has 0 aliphatic heterocycles. The second-order valence-electron chi connectivity index (χ2n) is 10.5. The van der Waals surface area contributed by atoms with Crippen molar-refractivity contribution in [2.45, 2.75) is 58.5 Å². The molecular formula is C30H33NO4S. The number of hydrogen-bond donors (Lipinski definition) is 1. The Morgan fingerprint density at radius 1 is 1.25 bits per heavy atom. The molecule has 0 radical (unpaired) electrons. The van der Waals surface area contributed by atoms with Crippen molar-refractivity contribution in [2.24, 2.45) is 11.3 Å². The Morgan fingerprint density at radius 3 is 2.78 bits per heavy atom. The molecule has 1 unspecified atom stereocenters. The number of thiophene rings is 1. The Balaban J connectivity index is 1.44. The second kappa shape index (κ2) is 10.1. The molecule has 1 aromatic carbocycles. The van der Waals surface area contributed by atoms with Gasteiger partial charge in [-0.05, 0) is 83.2 Å². The van der Waals surface area contributed by atoms with Gasteiger partial charge in [0.05, 0.1) is 13.5 Å². The Kier molecular flexibility index (Phi) is 6.89. The van der Waals surface area contributed by atoms with Gasteiger partial charge in [-0.2, -0.15) is 0 Å². The second-order valence-corrected chi connectivity index (χ2v) is 11.4. The van der Waals surface area contributed by atoms with Crippen LogP contribution in [-0.2, 0) is 11.4 Å². The number of nitrogens with zero attached hydrogens (tertiary/aromatic N) is 1. The molecule has 3 aromatic rings. The summed E-state index contributed by atoms with van der Waals surface area (Å²) in [5, 5.41) is 11.6. The van der Waals surface area contributed by atoms with E-state index in [1.807, 2.05) is 36.4 Å². The van der Waals surface area contributed by atoms with E-state index in [1.165, 1.54) is 21.6 Å². The zero-order valence-electron chi connectivity index (χ0n) is 21.1. The Bertz CT molecular complexity index is 1290. The third-order valence-electron chi connectivity index (χ3n) is 7.46. The normalized spacial score (nSPS) is 17.5. The van der Waals surface area contributed by atoms with Crippen molar-refractivity contribution in [3.63, 3.8) is 0 Å². The minimum absolute atomic E-state index is 0.0560. The smallest absolute Gasteiger partial charge is 0.303 e. The molecule has 0 saturated heterocycles. The number of aliphatic carboxylic acids is 1. The van der Waals surface area contributed by atoms with Gasteiger partial charge in [-0.15, -0.1) is 11.3 Å². The van der Waals surface area contributed by atoms with Crippen molar-refractivity contribution in [3.05, 3.63) is 70.7 Å². The minimum Gasteiger partial charge on any atom is -0.489 e. The number of carbonyl (C=O) groups is 1. The quantitative estimate of drug-likeness (QED) is 0.309. The average molecular weight is 504 g/mol. The standard InChI is InChI=1S/C30H33NO4S/c1-30(2)12-5-8-25(30)28-22(18-36-29(28)21-11-13-31-26(15-21)34-3)17-35-23-7-4-6-20(14-23)24(16-27(32)33)19-9-10-19/h4,6-8,11,13-15,18-19,24H,5,9-10,12,16-17H2,1-3H3,(H,32,33). The first-order chi connectivity index (χ1) is 17.4. The van der Waals surface area contributed by atoms with Crippen molar-refractivity contribution in [1.82, 2.24) is 4.98 Å². The molecule has 0 spiro atoms. The van der Waals surface area contributed by atoms with Gasteiger partial charge in [0.25, 0.3) is 0 Å². The molecule has 1 fully saturated rings. The maximum absolute atomic E-state index is 11.4. The van der Waals surface area contributed by atoms with Gasteiger partial charge >= 0.3 is 5.97 Å². The van der Waals surface area contributed by atoms with Crippen molar-refractivity contribution in [2.75, 3.05) is 7.11 Å². The molecule has 5 nitrogen and oxygen atoms in total. The monoisotopic (exact) mass is 503 g/mol. The first kappa shape index (κ1) is 24.6. The summed E-state index contributed by atoms with van der Waals surface area (Å²) in [5.74, 6) is 1.17. The molecule has 1 saturated carbocycles. The lowest BCUT2D eigenvalue weighted by Crippen LogP contribution is -2.11. The molecule has 6 heteroatoms. The lowest BCUT2D eigenvalue weighted by Gasteiger charge is -2.24. The van der Waals surface area contributed by atoms with Crippen molar-refractivity contribution in [1.29, 1.82) is 0 Å². The van der Waals surface area contributed by atoms with E-state index in [0.29, 0.717) is 18.4 Å². The zero-order chi connectivity index (χ0) is 25.3. The van der Waals surface area contributed by atoms with Gasteiger partial charge in [0.2, 0.25) is 5.88 Å². The number of methoxy groups -OCH3 is 1. The van der Waals surface area contributed by atoms with Gasteiger partial charge in [0.15, 0.2) is 0 Å². The number of hydrogen-bond acceptors (Lipinski definition) is 5. The van der Waals surface area contributed by atoms with E-state index in [-0.39, 0.29) is 17.8 Å². The number of ether oxygens (including phenoxy) is 2. The summed E-state index contributed by atoms with van der Waals surface area (Å²) >= 11 is 1.73. The lowest BCUT2D eigenvalue weighted by atomic mass is 9.80. The lowest BCUT2D eigenvalue weighted by molar-refractivity contribution is -0.137. The van der Waals surface area contributed by atoms with Crippen LogP contribution < -0.4 is 9.47 Å². The third-order valence-corrected chi connectivity index (χ3v) is 8.53. The third kappa shape index (κ3) is 5.19. The highest BCUT2D eigenvalue weighted by atomic mass is 32.1. The maximum Gasteiger partial charge on any atom is 0.303 e. The molecule has 0 bridgehead atoms. The fraction of sp³-hybridized carbons (Fsp3) is 0.400. The van der Waals surface area contributed by atoms with E-state index >= 15 is 0 Å². The Morgan fingerprint density at radius 2 is 2.08 bits per heavy atom. The number of aromatic nitrogens is 1. The van der Waals surface area contributed by atoms with Crippen LogP contribution in [0.25, 0.3) is 16.0 Å². The van der Waals surface area contributed by atoms with Crippen LogP contribution >= 0.6 is 11.3 Å². The van der Waals surface area contributed by atoms with E-state index in [2.05, 4.69) is 30.3 Å². The molecule has 2 aliphatic carbocycles. The van der Waals surface area contributed by atoms with E-state index in [0.717, 1.165) is 42.6 Å². The molecule has 0 amide bonds. The summed E-state index contributed by atoms with van der Waals surface area (Å²) in [6.07, 6.45) is 8.76. The van der Waals surface area contributed by atoms with E-state index in [4.69, 9.17) is 9.47 Å². The number of pyridine rings is 1. The van der Waals surface area contributed by atoms with Gasteiger partial charge in [-0.3, -0.25) is 4.79 Å². The molecule has 36 heavy (non-hydrogen) atoms. The van der Waals surface area contributed by atoms with Crippen molar-refractivity contribution < 1.29 is 19.4 Å². The van der Waals surface area contributed by atoms with Gasteiger partial charge in [0, 0.05) is 28.3 Å². The largest absolute Gasteiger partial charge is 0.489 e. The van der Waals surface area contributed by atoms with Crippen LogP contribution in [-0.4, -0.2) is 23.2 Å². The number of benzene rings is 1. The summed E-state index contributed by atoms with van der Waals surface area (Å²) in [6, 6.07) is 12.0. The van der Waals surface area contributed by atoms with E-state index in [9.17, 15) is 9.90 Å². The van der Waals surface area contributed by atoms with Gasteiger partial charge in [0.1, 0.15) is 12.4 Å². The number of carboxylic acids is 1. The summed E-state index contributed by atoms with van der Waals surface area (Å²) in [7, 11) is 1.64. The zero-order valence-corrected chi connectivity index (χ0v) is 21.9. The van der Waals surface area contributed by atoms with Crippen molar-refractivity contribution >= 4 is 22.9 Å². The van der Waals surface area contributed by atoms with Crippen LogP contribution in [0.15, 0.2) is 54.1 Å². The topological polar surface area (TPSA) is 68.7 Å². The highest BCUT2D eigenvalue weighted by Gasteiger charge is 2.34. The molecule has 2 aliphatic rings. The van der Waals surface area contributed by atoms with Gasteiger partial charge in [-0.1, -0.05) is 32.1 Å². The highest BCUT2D eigenvalue weighted by Crippen LogP contribution is 2.50. The SMILES string of the molecule is COc1cc(-c2scc(COc3cccc(C(CC(=O)O)C4CC4)c3)c2C2=CCCC2(C)C)ccn1. The summed E-state index contributed by atoms with van der Waals surface area (Å²) in [5.41, 5.74) is 6.05. The van der Waals surface area contributed by atoms with Crippen LogP contribution in [0.2, 0.25) is 0 Å². The van der Waals surface area contributed by atoms with Crippen LogP contribution in [0.3, 0.4) is 0 Å². The molecule has 1 atom stereocenters. The molecule has 5 rings (SSSR count). The first-order valence-corrected chi connectivity index (χ1v) is 13.5. The molecule has 188 valence electrons.